The minimum atomic E-state index is -0.0150. The summed E-state index contributed by atoms with van der Waals surface area (Å²) in [7, 11) is 0. The molecule has 2 rings (SSSR count). The first-order chi connectivity index (χ1) is 9.65. The maximum Gasteiger partial charge on any atom is 0.226 e. The Morgan fingerprint density at radius 3 is 2.45 bits per heavy atom. The SMILES string of the molecule is CC(C)C(=O)Nc1ccc(NC2CCCCCC2)nc1. The molecule has 4 nitrogen and oxygen atoms in total. The number of anilines is 2. The molecule has 0 aliphatic heterocycles. The molecular formula is C16H25N3O. The van der Waals surface area contributed by atoms with E-state index < -0.39 is 0 Å². The molecule has 1 aliphatic carbocycles. The summed E-state index contributed by atoms with van der Waals surface area (Å²) in [6.07, 6.45) is 9.50. The summed E-state index contributed by atoms with van der Waals surface area (Å²) < 4.78 is 0. The van der Waals surface area contributed by atoms with E-state index in [9.17, 15) is 4.79 Å². The molecule has 1 aromatic rings. The molecule has 0 bridgehead atoms. The van der Waals surface area contributed by atoms with Crippen molar-refractivity contribution in [3.63, 3.8) is 0 Å². The number of amides is 1. The normalized spacial score (nSPS) is 16.8. The monoisotopic (exact) mass is 275 g/mol. The van der Waals surface area contributed by atoms with Crippen LogP contribution in [-0.4, -0.2) is 16.9 Å². The molecule has 0 radical (unpaired) electrons. The van der Waals surface area contributed by atoms with Crippen molar-refractivity contribution in [3.05, 3.63) is 18.3 Å². The molecule has 1 fully saturated rings. The first-order valence-corrected chi connectivity index (χ1v) is 7.68. The molecule has 0 unspecified atom stereocenters. The van der Waals surface area contributed by atoms with Gasteiger partial charge in [-0.3, -0.25) is 4.79 Å². The Hall–Kier alpha value is -1.58. The Morgan fingerprint density at radius 2 is 1.90 bits per heavy atom. The average molecular weight is 275 g/mol. The highest BCUT2D eigenvalue weighted by Crippen LogP contribution is 2.20. The van der Waals surface area contributed by atoms with Gasteiger partial charge in [0.25, 0.3) is 0 Å². The van der Waals surface area contributed by atoms with E-state index in [0.717, 1.165) is 11.5 Å². The lowest BCUT2D eigenvalue weighted by atomic mass is 10.1. The van der Waals surface area contributed by atoms with E-state index in [1.165, 1.54) is 38.5 Å². The minimum Gasteiger partial charge on any atom is -0.367 e. The molecule has 0 atom stereocenters. The highest BCUT2D eigenvalue weighted by molar-refractivity contribution is 5.91. The number of pyridine rings is 1. The highest BCUT2D eigenvalue weighted by atomic mass is 16.1. The van der Waals surface area contributed by atoms with E-state index >= 15 is 0 Å². The smallest absolute Gasteiger partial charge is 0.226 e. The number of carbonyl (C=O) groups excluding carboxylic acids is 1. The third-order valence-corrected chi connectivity index (χ3v) is 3.76. The zero-order valence-corrected chi connectivity index (χ0v) is 12.5. The number of hydrogen-bond acceptors (Lipinski definition) is 3. The van der Waals surface area contributed by atoms with Crippen LogP contribution in [0.1, 0.15) is 52.4 Å². The maximum absolute atomic E-state index is 11.6. The van der Waals surface area contributed by atoms with Crippen molar-refractivity contribution in [2.45, 2.75) is 58.4 Å². The fraction of sp³-hybridized carbons (Fsp3) is 0.625. The summed E-state index contributed by atoms with van der Waals surface area (Å²) in [5.74, 6) is 0.912. The Labute approximate surface area is 121 Å². The van der Waals surface area contributed by atoms with Gasteiger partial charge in [-0.1, -0.05) is 39.5 Å². The first kappa shape index (κ1) is 14.8. The van der Waals surface area contributed by atoms with Crippen LogP contribution in [-0.2, 0) is 4.79 Å². The summed E-state index contributed by atoms with van der Waals surface area (Å²) in [5.41, 5.74) is 0.759. The molecule has 4 heteroatoms. The number of nitrogens with zero attached hydrogens (tertiary/aromatic N) is 1. The summed E-state index contributed by atoms with van der Waals surface area (Å²) >= 11 is 0. The zero-order valence-electron chi connectivity index (χ0n) is 12.5. The van der Waals surface area contributed by atoms with Crippen LogP contribution in [0.25, 0.3) is 0 Å². The van der Waals surface area contributed by atoms with Gasteiger partial charge in [-0.25, -0.2) is 4.98 Å². The second kappa shape index (κ2) is 7.27. The van der Waals surface area contributed by atoms with Crippen LogP contribution in [0, 0.1) is 5.92 Å². The summed E-state index contributed by atoms with van der Waals surface area (Å²) in [5, 5.41) is 6.35. The van der Waals surface area contributed by atoms with Gasteiger partial charge in [0.15, 0.2) is 0 Å². The highest BCUT2D eigenvalue weighted by Gasteiger charge is 2.12. The molecule has 0 saturated heterocycles. The van der Waals surface area contributed by atoms with Gasteiger partial charge in [0.2, 0.25) is 5.91 Å². The van der Waals surface area contributed by atoms with Crippen molar-refractivity contribution >= 4 is 17.4 Å². The van der Waals surface area contributed by atoms with Crippen molar-refractivity contribution < 1.29 is 4.79 Å². The van der Waals surface area contributed by atoms with Gasteiger partial charge in [-0.05, 0) is 25.0 Å². The van der Waals surface area contributed by atoms with Gasteiger partial charge in [0, 0.05) is 12.0 Å². The van der Waals surface area contributed by atoms with Crippen LogP contribution in [0.15, 0.2) is 18.3 Å². The van der Waals surface area contributed by atoms with E-state index in [1.807, 2.05) is 26.0 Å². The maximum atomic E-state index is 11.6. The molecule has 0 spiro atoms. The number of aromatic nitrogens is 1. The first-order valence-electron chi connectivity index (χ1n) is 7.68. The van der Waals surface area contributed by atoms with E-state index in [0.29, 0.717) is 6.04 Å². The minimum absolute atomic E-state index is 0.0150. The van der Waals surface area contributed by atoms with Crippen molar-refractivity contribution in [1.82, 2.24) is 4.98 Å². The molecule has 110 valence electrons. The lowest BCUT2D eigenvalue weighted by Crippen LogP contribution is -2.20. The molecule has 1 heterocycles. The second-order valence-electron chi connectivity index (χ2n) is 5.91. The molecule has 1 amide bonds. The molecule has 1 aliphatic rings. The number of hydrogen-bond donors (Lipinski definition) is 2. The second-order valence-corrected chi connectivity index (χ2v) is 5.91. The van der Waals surface area contributed by atoms with Gasteiger partial charge < -0.3 is 10.6 Å². The van der Waals surface area contributed by atoms with Gasteiger partial charge in [0.1, 0.15) is 5.82 Å². The van der Waals surface area contributed by atoms with Crippen molar-refractivity contribution in [2.24, 2.45) is 5.92 Å². The van der Waals surface area contributed by atoms with Crippen LogP contribution in [0.4, 0.5) is 11.5 Å². The lowest BCUT2D eigenvalue weighted by molar-refractivity contribution is -0.118. The summed E-state index contributed by atoms with van der Waals surface area (Å²) in [4.78, 5) is 16.0. The van der Waals surface area contributed by atoms with Crippen LogP contribution < -0.4 is 10.6 Å². The van der Waals surface area contributed by atoms with Gasteiger partial charge in [-0.2, -0.15) is 0 Å². The van der Waals surface area contributed by atoms with Gasteiger partial charge in [0.05, 0.1) is 11.9 Å². The lowest BCUT2D eigenvalue weighted by Gasteiger charge is -2.17. The predicted molar refractivity (Wildman–Crippen MR) is 82.8 cm³/mol. The number of nitrogens with one attached hydrogen (secondary N) is 2. The molecule has 1 aromatic heterocycles. The Balaban J connectivity index is 1.89. The third kappa shape index (κ3) is 4.51. The molecule has 20 heavy (non-hydrogen) atoms. The van der Waals surface area contributed by atoms with Gasteiger partial charge in [-0.15, -0.1) is 0 Å². The van der Waals surface area contributed by atoms with Crippen molar-refractivity contribution in [1.29, 1.82) is 0 Å². The van der Waals surface area contributed by atoms with E-state index in [2.05, 4.69) is 15.6 Å². The van der Waals surface area contributed by atoms with Crippen LogP contribution in [0.5, 0.6) is 0 Å². The summed E-state index contributed by atoms with van der Waals surface area (Å²) in [6.45, 7) is 3.76. The largest absolute Gasteiger partial charge is 0.367 e. The van der Waals surface area contributed by atoms with E-state index in [-0.39, 0.29) is 11.8 Å². The predicted octanol–water partition coefficient (Wildman–Crippen LogP) is 3.81. The third-order valence-electron chi connectivity index (χ3n) is 3.76. The van der Waals surface area contributed by atoms with E-state index in [4.69, 9.17) is 0 Å². The average Bonchev–Trinajstić information content (AvgIpc) is 2.69. The van der Waals surface area contributed by atoms with Crippen LogP contribution >= 0.6 is 0 Å². The standard InChI is InChI=1S/C16H25N3O/c1-12(2)16(20)19-14-9-10-15(17-11-14)18-13-7-5-3-4-6-8-13/h9-13H,3-8H2,1-2H3,(H,17,18)(H,19,20). The molecular weight excluding hydrogens is 250 g/mol. The molecule has 0 aromatic carbocycles. The zero-order chi connectivity index (χ0) is 14.4. The fourth-order valence-corrected chi connectivity index (χ4v) is 2.47. The van der Waals surface area contributed by atoms with Crippen molar-refractivity contribution in [3.8, 4) is 0 Å². The molecule has 2 N–H and O–H groups in total. The molecule has 1 saturated carbocycles. The summed E-state index contributed by atoms with van der Waals surface area (Å²) in [6, 6.07) is 4.40. The van der Waals surface area contributed by atoms with Crippen molar-refractivity contribution in [2.75, 3.05) is 10.6 Å². The topological polar surface area (TPSA) is 54.0 Å². The quantitative estimate of drug-likeness (QED) is 0.821. The number of carbonyl (C=O) groups is 1. The number of rotatable bonds is 4. The van der Waals surface area contributed by atoms with Crippen LogP contribution in [0.2, 0.25) is 0 Å². The Kier molecular flexibility index (Phi) is 5.39. The van der Waals surface area contributed by atoms with Crippen LogP contribution in [0.3, 0.4) is 0 Å². The van der Waals surface area contributed by atoms with Gasteiger partial charge >= 0.3 is 0 Å². The van der Waals surface area contributed by atoms with E-state index in [1.54, 1.807) is 6.20 Å². The Morgan fingerprint density at radius 1 is 1.20 bits per heavy atom. The Bertz CT molecular complexity index is 420. The fourth-order valence-electron chi connectivity index (χ4n) is 2.47.